The minimum atomic E-state index is 0.826. The lowest BCUT2D eigenvalue weighted by molar-refractivity contribution is 0.765. The van der Waals surface area contributed by atoms with Gasteiger partial charge in [0.05, 0.1) is 0 Å². The van der Waals surface area contributed by atoms with E-state index in [1.54, 1.807) is 6.20 Å². The molecule has 0 unspecified atom stereocenters. The number of nitrogens with one attached hydrogen (secondary N) is 2. The number of aromatic nitrogens is 2. The van der Waals surface area contributed by atoms with Crippen LogP contribution in [0.15, 0.2) is 37.2 Å². The van der Waals surface area contributed by atoms with Crippen LogP contribution in [-0.4, -0.2) is 16.5 Å². The molecule has 2 heterocycles. The van der Waals surface area contributed by atoms with Crippen molar-refractivity contribution in [2.75, 3.05) is 6.54 Å². The molecule has 0 fully saturated rings. The third-order valence-corrected chi connectivity index (χ3v) is 2.14. The number of rotatable bonds is 4. The summed E-state index contributed by atoms with van der Waals surface area (Å²) < 4.78 is 0. The Kier molecular flexibility index (Phi) is 2.60. The van der Waals surface area contributed by atoms with Crippen molar-refractivity contribution >= 4 is 11.0 Å². The molecule has 14 heavy (non-hydrogen) atoms. The van der Waals surface area contributed by atoms with Gasteiger partial charge in [-0.2, -0.15) is 0 Å². The van der Waals surface area contributed by atoms with Crippen molar-refractivity contribution in [2.45, 2.75) is 6.54 Å². The van der Waals surface area contributed by atoms with E-state index in [-0.39, 0.29) is 0 Å². The van der Waals surface area contributed by atoms with Crippen molar-refractivity contribution in [3.8, 4) is 0 Å². The largest absolute Gasteiger partial charge is 0.346 e. The van der Waals surface area contributed by atoms with Crippen molar-refractivity contribution in [1.82, 2.24) is 15.3 Å². The van der Waals surface area contributed by atoms with E-state index >= 15 is 0 Å². The summed E-state index contributed by atoms with van der Waals surface area (Å²) in [5, 5.41) is 4.45. The monoisotopic (exact) mass is 187 g/mol. The van der Waals surface area contributed by atoms with E-state index in [1.165, 1.54) is 10.9 Å². The average molecular weight is 187 g/mol. The van der Waals surface area contributed by atoms with E-state index in [4.69, 9.17) is 0 Å². The minimum absolute atomic E-state index is 0.826. The van der Waals surface area contributed by atoms with Crippen molar-refractivity contribution in [3.05, 3.63) is 42.7 Å². The maximum Gasteiger partial charge on any atom is 0.137 e. The first-order valence-corrected chi connectivity index (χ1v) is 4.64. The lowest BCUT2D eigenvalue weighted by atomic mass is 10.2. The van der Waals surface area contributed by atoms with Gasteiger partial charge in [0, 0.05) is 30.9 Å². The molecular weight excluding hydrogens is 174 g/mol. The molecule has 3 heteroatoms. The SMILES string of the molecule is C=CCNCc1c[nH]c2ncccc12. The van der Waals surface area contributed by atoms with Crippen LogP contribution in [0.4, 0.5) is 0 Å². The van der Waals surface area contributed by atoms with E-state index in [2.05, 4.69) is 27.9 Å². The van der Waals surface area contributed by atoms with Gasteiger partial charge in [0.25, 0.3) is 0 Å². The Labute approximate surface area is 82.9 Å². The number of aromatic amines is 1. The Morgan fingerprint density at radius 2 is 2.50 bits per heavy atom. The second-order valence-electron chi connectivity index (χ2n) is 3.13. The summed E-state index contributed by atoms with van der Waals surface area (Å²) in [4.78, 5) is 7.36. The van der Waals surface area contributed by atoms with Gasteiger partial charge < -0.3 is 10.3 Å². The maximum atomic E-state index is 4.23. The molecule has 72 valence electrons. The third-order valence-electron chi connectivity index (χ3n) is 2.14. The minimum Gasteiger partial charge on any atom is -0.346 e. The smallest absolute Gasteiger partial charge is 0.137 e. The standard InChI is InChI=1S/C11H13N3/c1-2-5-12-7-9-8-14-11-10(9)4-3-6-13-11/h2-4,6,8,12H,1,5,7H2,(H,13,14). The van der Waals surface area contributed by atoms with Gasteiger partial charge in [-0.3, -0.25) is 0 Å². The molecule has 0 amide bonds. The van der Waals surface area contributed by atoms with Crippen LogP contribution in [0.2, 0.25) is 0 Å². The fourth-order valence-corrected chi connectivity index (χ4v) is 1.47. The number of fused-ring (bicyclic) bond motifs is 1. The lowest BCUT2D eigenvalue weighted by Gasteiger charge is -1.98. The topological polar surface area (TPSA) is 40.7 Å². The maximum absolute atomic E-state index is 4.23. The van der Waals surface area contributed by atoms with Gasteiger partial charge >= 0.3 is 0 Å². The van der Waals surface area contributed by atoms with Crippen molar-refractivity contribution in [3.63, 3.8) is 0 Å². The van der Waals surface area contributed by atoms with E-state index in [0.29, 0.717) is 0 Å². The van der Waals surface area contributed by atoms with E-state index in [1.807, 2.05) is 18.3 Å². The molecule has 2 rings (SSSR count). The summed E-state index contributed by atoms with van der Waals surface area (Å²) in [7, 11) is 0. The van der Waals surface area contributed by atoms with Gasteiger partial charge in [0.1, 0.15) is 5.65 Å². The molecule has 2 aromatic rings. The Balaban J connectivity index is 2.20. The van der Waals surface area contributed by atoms with Gasteiger partial charge in [0.2, 0.25) is 0 Å². The first-order chi connectivity index (χ1) is 6.92. The average Bonchev–Trinajstić information content (AvgIpc) is 2.63. The highest BCUT2D eigenvalue weighted by atomic mass is 14.9. The Morgan fingerprint density at radius 3 is 3.36 bits per heavy atom. The first-order valence-electron chi connectivity index (χ1n) is 4.64. The van der Waals surface area contributed by atoms with E-state index in [0.717, 1.165) is 18.7 Å². The fraction of sp³-hybridized carbons (Fsp3) is 0.182. The first kappa shape index (κ1) is 8.97. The molecule has 0 saturated heterocycles. The van der Waals surface area contributed by atoms with Crippen molar-refractivity contribution in [1.29, 1.82) is 0 Å². The van der Waals surface area contributed by atoms with Crippen LogP contribution >= 0.6 is 0 Å². The quantitative estimate of drug-likeness (QED) is 0.566. The van der Waals surface area contributed by atoms with E-state index in [9.17, 15) is 0 Å². The highest BCUT2D eigenvalue weighted by molar-refractivity contribution is 5.79. The van der Waals surface area contributed by atoms with Gasteiger partial charge in [0.15, 0.2) is 0 Å². The summed E-state index contributed by atoms with van der Waals surface area (Å²) in [6, 6.07) is 4.02. The molecule has 0 bridgehead atoms. The molecule has 0 radical (unpaired) electrons. The predicted octanol–water partition coefficient (Wildman–Crippen LogP) is 1.84. The zero-order valence-electron chi connectivity index (χ0n) is 7.96. The van der Waals surface area contributed by atoms with Crippen LogP contribution in [0.25, 0.3) is 11.0 Å². The highest BCUT2D eigenvalue weighted by Gasteiger charge is 2.01. The molecule has 0 spiro atoms. The summed E-state index contributed by atoms with van der Waals surface area (Å²) in [5.74, 6) is 0. The zero-order valence-corrected chi connectivity index (χ0v) is 7.96. The number of hydrogen-bond acceptors (Lipinski definition) is 2. The molecule has 2 aromatic heterocycles. The Morgan fingerprint density at radius 1 is 1.57 bits per heavy atom. The van der Waals surface area contributed by atoms with Crippen molar-refractivity contribution in [2.24, 2.45) is 0 Å². The number of pyridine rings is 1. The second kappa shape index (κ2) is 4.07. The molecule has 2 N–H and O–H groups in total. The van der Waals surface area contributed by atoms with Crippen LogP contribution in [-0.2, 0) is 6.54 Å². The van der Waals surface area contributed by atoms with E-state index < -0.39 is 0 Å². The normalized spacial score (nSPS) is 10.6. The Bertz CT molecular complexity index is 431. The molecule has 0 aliphatic rings. The number of hydrogen-bond donors (Lipinski definition) is 2. The number of nitrogens with zero attached hydrogens (tertiary/aromatic N) is 1. The van der Waals surface area contributed by atoms with Crippen LogP contribution in [0, 0.1) is 0 Å². The Hall–Kier alpha value is -1.61. The lowest BCUT2D eigenvalue weighted by Crippen LogP contribution is -2.11. The molecule has 0 aliphatic carbocycles. The summed E-state index contributed by atoms with van der Waals surface area (Å²) >= 11 is 0. The van der Waals surface area contributed by atoms with Crippen LogP contribution in [0.1, 0.15) is 5.56 Å². The van der Waals surface area contributed by atoms with Crippen molar-refractivity contribution < 1.29 is 0 Å². The summed E-state index contributed by atoms with van der Waals surface area (Å²) in [6.45, 7) is 5.33. The van der Waals surface area contributed by atoms with Gasteiger partial charge in [-0.1, -0.05) is 6.08 Å². The zero-order chi connectivity index (χ0) is 9.80. The van der Waals surface area contributed by atoms with Crippen LogP contribution in [0.5, 0.6) is 0 Å². The van der Waals surface area contributed by atoms with Crippen LogP contribution in [0.3, 0.4) is 0 Å². The molecule has 0 aromatic carbocycles. The third kappa shape index (κ3) is 1.67. The number of H-pyrrole nitrogens is 1. The highest BCUT2D eigenvalue weighted by Crippen LogP contribution is 2.14. The summed E-state index contributed by atoms with van der Waals surface area (Å²) in [6.07, 6.45) is 5.64. The summed E-state index contributed by atoms with van der Waals surface area (Å²) in [5.41, 5.74) is 2.19. The molecule has 3 nitrogen and oxygen atoms in total. The molecule has 0 aliphatic heterocycles. The molecule has 0 atom stereocenters. The van der Waals surface area contributed by atoms with Crippen LogP contribution < -0.4 is 5.32 Å². The second-order valence-corrected chi connectivity index (χ2v) is 3.13. The fourth-order valence-electron chi connectivity index (χ4n) is 1.47. The molecular formula is C11H13N3. The van der Waals surface area contributed by atoms with Gasteiger partial charge in [-0.25, -0.2) is 4.98 Å². The van der Waals surface area contributed by atoms with Gasteiger partial charge in [-0.05, 0) is 17.7 Å². The van der Waals surface area contributed by atoms with Gasteiger partial charge in [-0.15, -0.1) is 6.58 Å². The predicted molar refractivity (Wildman–Crippen MR) is 58.0 cm³/mol. The molecule has 0 saturated carbocycles.